The molecule has 0 amide bonds. The zero-order chi connectivity index (χ0) is 49.3. The molecule has 0 fully saturated rings. The van der Waals surface area contributed by atoms with Crippen molar-refractivity contribution in [2.24, 2.45) is 0 Å². The Balaban J connectivity index is 4.57. The summed E-state index contributed by atoms with van der Waals surface area (Å²) in [6.45, 7) is 6.44. The molecule has 0 spiro atoms. The largest absolute Gasteiger partial charge is 0.462 e. The maximum Gasteiger partial charge on any atom is 0.306 e. The standard InChI is InChI=1S/C62H100O6/c1-4-7-10-13-16-19-22-25-28-30-31-33-34-37-40-43-46-49-52-55-61(64)67-58-59(57-66-60(63)54-51-48-45-42-39-36-27-24-21-18-15-12-9-6-3)68-62(65)56-53-50-47-44-41-38-35-32-29-26-23-20-17-14-11-8-5-2/h15-20,24-29,31,33,35,37-38,40,44,47,59H,4-14,21-23,30,32,34,36,39,41-43,45-46,48-58H2,1-3H3/b18-15-,19-16-,20-17-,27-24-,28-25-,29-26-,33-31-,38-35-,40-37-,47-44-/t59-/m1/s1. The van der Waals surface area contributed by atoms with Gasteiger partial charge in [-0.25, -0.2) is 0 Å². The molecule has 6 nitrogen and oxygen atoms in total. The van der Waals surface area contributed by atoms with Gasteiger partial charge in [0, 0.05) is 19.3 Å². The number of hydrogen-bond acceptors (Lipinski definition) is 6. The molecule has 0 N–H and O–H groups in total. The summed E-state index contributed by atoms with van der Waals surface area (Å²) in [4.78, 5) is 38.1. The minimum Gasteiger partial charge on any atom is -0.462 e. The summed E-state index contributed by atoms with van der Waals surface area (Å²) >= 11 is 0. The fourth-order valence-electron chi connectivity index (χ4n) is 6.96. The molecule has 0 saturated heterocycles. The van der Waals surface area contributed by atoms with E-state index in [9.17, 15) is 14.4 Å². The molecule has 0 aromatic carbocycles. The van der Waals surface area contributed by atoms with Crippen molar-refractivity contribution in [1.82, 2.24) is 0 Å². The lowest BCUT2D eigenvalue weighted by molar-refractivity contribution is -0.167. The predicted molar refractivity (Wildman–Crippen MR) is 293 cm³/mol. The molecule has 0 aromatic heterocycles. The summed E-state index contributed by atoms with van der Waals surface area (Å²) in [5.74, 6) is -1.03. The summed E-state index contributed by atoms with van der Waals surface area (Å²) in [5.41, 5.74) is 0. The van der Waals surface area contributed by atoms with Gasteiger partial charge in [0.1, 0.15) is 13.2 Å². The first-order chi connectivity index (χ1) is 33.5. The first-order valence-electron chi connectivity index (χ1n) is 27.5. The Hall–Kier alpha value is -4.19. The quantitative estimate of drug-likeness (QED) is 0.0262. The van der Waals surface area contributed by atoms with Crippen molar-refractivity contribution in [2.45, 2.75) is 239 Å². The number of carbonyl (C=O) groups is 3. The highest BCUT2D eigenvalue weighted by atomic mass is 16.6. The van der Waals surface area contributed by atoms with Gasteiger partial charge < -0.3 is 14.2 Å². The van der Waals surface area contributed by atoms with Crippen molar-refractivity contribution in [3.8, 4) is 0 Å². The lowest BCUT2D eigenvalue weighted by Crippen LogP contribution is -2.30. The van der Waals surface area contributed by atoms with Gasteiger partial charge in [-0.15, -0.1) is 0 Å². The van der Waals surface area contributed by atoms with Crippen LogP contribution in [0.4, 0.5) is 0 Å². The summed E-state index contributed by atoms with van der Waals surface area (Å²) in [7, 11) is 0. The number of unbranched alkanes of at least 4 members (excludes halogenated alkanes) is 17. The average Bonchev–Trinajstić information content (AvgIpc) is 3.34. The Morgan fingerprint density at radius 2 is 0.559 bits per heavy atom. The van der Waals surface area contributed by atoms with E-state index in [1.54, 1.807) is 0 Å². The van der Waals surface area contributed by atoms with Gasteiger partial charge in [-0.3, -0.25) is 14.4 Å². The highest BCUT2D eigenvalue weighted by Gasteiger charge is 2.19. The van der Waals surface area contributed by atoms with E-state index in [0.717, 1.165) is 116 Å². The minimum atomic E-state index is -0.829. The Bertz CT molecular complexity index is 1450. The molecular weight excluding hydrogens is 841 g/mol. The normalized spacial score (nSPS) is 13.0. The monoisotopic (exact) mass is 941 g/mol. The number of carbonyl (C=O) groups excluding carboxylic acids is 3. The second kappa shape index (κ2) is 55.4. The van der Waals surface area contributed by atoms with E-state index < -0.39 is 6.10 Å². The molecule has 0 bridgehead atoms. The van der Waals surface area contributed by atoms with Gasteiger partial charge in [0.05, 0.1) is 0 Å². The third-order valence-corrected chi connectivity index (χ3v) is 11.2. The van der Waals surface area contributed by atoms with E-state index in [-0.39, 0.29) is 37.5 Å². The van der Waals surface area contributed by atoms with E-state index in [4.69, 9.17) is 14.2 Å². The van der Waals surface area contributed by atoms with Gasteiger partial charge in [0.25, 0.3) is 0 Å². The third-order valence-electron chi connectivity index (χ3n) is 11.2. The fourth-order valence-corrected chi connectivity index (χ4v) is 6.96. The Kier molecular flexibility index (Phi) is 52.0. The van der Waals surface area contributed by atoms with E-state index in [0.29, 0.717) is 19.3 Å². The minimum absolute atomic E-state index is 0.121. The maximum atomic E-state index is 12.8. The molecule has 68 heavy (non-hydrogen) atoms. The molecule has 0 unspecified atom stereocenters. The number of rotatable bonds is 48. The summed E-state index contributed by atoms with van der Waals surface area (Å²) in [6.07, 6.45) is 76.1. The molecule has 0 heterocycles. The molecule has 0 aromatic rings. The molecule has 6 heteroatoms. The molecule has 1 atom stereocenters. The van der Waals surface area contributed by atoms with Crippen molar-refractivity contribution in [3.63, 3.8) is 0 Å². The Morgan fingerprint density at radius 1 is 0.294 bits per heavy atom. The van der Waals surface area contributed by atoms with Crippen LogP contribution in [0.2, 0.25) is 0 Å². The highest BCUT2D eigenvalue weighted by Crippen LogP contribution is 2.12. The molecule has 0 aliphatic rings. The number of ether oxygens (including phenoxy) is 3. The van der Waals surface area contributed by atoms with Crippen LogP contribution in [0.3, 0.4) is 0 Å². The highest BCUT2D eigenvalue weighted by molar-refractivity contribution is 5.71. The van der Waals surface area contributed by atoms with Crippen LogP contribution in [-0.4, -0.2) is 37.2 Å². The van der Waals surface area contributed by atoms with Gasteiger partial charge in [0.15, 0.2) is 6.10 Å². The molecule has 0 aliphatic heterocycles. The zero-order valence-corrected chi connectivity index (χ0v) is 43.8. The van der Waals surface area contributed by atoms with Crippen molar-refractivity contribution in [3.05, 3.63) is 122 Å². The van der Waals surface area contributed by atoms with Crippen molar-refractivity contribution >= 4 is 17.9 Å². The van der Waals surface area contributed by atoms with E-state index >= 15 is 0 Å². The van der Waals surface area contributed by atoms with Gasteiger partial charge >= 0.3 is 17.9 Å². The molecular formula is C62H100O6. The molecule has 384 valence electrons. The van der Waals surface area contributed by atoms with Crippen LogP contribution in [0.1, 0.15) is 233 Å². The summed E-state index contributed by atoms with van der Waals surface area (Å²) in [6, 6.07) is 0. The van der Waals surface area contributed by atoms with Crippen LogP contribution in [0.5, 0.6) is 0 Å². The lowest BCUT2D eigenvalue weighted by Gasteiger charge is -2.18. The number of esters is 3. The second-order valence-corrected chi connectivity index (χ2v) is 17.8. The van der Waals surface area contributed by atoms with Crippen LogP contribution in [0.25, 0.3) is 0 Å². The molecule has 0 saturated carbocycles. The summed E-state index contributed by atoms with van der Waals surface area (Å²) < 4.78 is 16.7. The van der Waals surface area contributed by atoms with Gasteiger partial charge in [-0.05, 0) is 128 Å². The van der Waals surface area contributed by atoms with Crippen LogP contribution in [0.15, 0.2) is 122 Å². The smallest absolute Gasteiger partial charge is 0.306 e. The summed E-state index contributed by atoms with van der Waals surface area (Å²) in [5, 5.41) is 0. The third kappa shape index (κ3) is 52.8. The number of allylic oxidation sites excluding steroid dienone is 20. The van der Waals surface area contributed by atoms with E-state index in [2.05, 4.69) is 142 Å². The molecule has 0 aliphatic carbocycles. The first-order valence-corrected chi connectivity index (χ1v) is 27.5. The van der Waals surface area contributed by atoms with Gasteiger partial charge in [-0.2, -0.15) is 0 Å². The van der Waals surface area contributed by atoms with Crippen LogP contribution >= 0.6 is 0 Å². The van der Waals surface area contributed by atoms with E-state index in [1.807, 2.05) is 0 Å². The van der Waals surface area contributed by atoms with Crippen LogP contribution < -0.4 is 0 Å². The van der Waals surface area contributed by atoms with Crippen molar-refractivity contribution in [2.75, 3.05) is 13.2 Å². The molecule has 0 rings (SSSR count). The molecule has 0 radical (unpaired) electrons. The lowest BCUT2D eigenvalue weighted by atomic mass is 10.1. The first kappa shape index (κ1) is 63.8. The van der Waals surface area contributed by atoms with Crippen molar-refractivity contribution < 1.29 is 28.6 Å². The Morgan fingerprint density at radius 3 is 0.926 bits per heavy atom. The van der Waals surface area contributed by atoms with Crippen LogP contribution in [-0.2, 0) is 28.6 Å². The maximum absolute atomic E-state index is 12.8. The number of hydrogen-bond donors (Lipinski definition) is 0. The SMILES string of the molecule is CCCC/C=C\C/C=C\CCCCCCCC(=O)OC[C@H](COC(=O)CCCCC/C=C\C/C=C\C/C=C\C/C=C\CCCCC)OC(=O)CCC/C=C\C/C=C\C/C=C\C/C=C\CCCCC. The fraction of sp³-hybridized carbons (Fsp3) is 0.629. The topological polar surface area (TPSA) is 78.9 Å². The second-order valence-electron chi connectivity index (χ2n) is 17.8. The predicted octanol–water partition coefficient (Wildman–Crippen LogP) is 18.5. The average molecular weight is 941 g/mol. The van der Waals surface area contributed by atoms with E-state index in [1.165, 1.54) is 70.6 Å². The van der Waals surface area contributed by atoms with Crippen molar-refractivity contribution in [1.29, 1.82) is 0 Å². The van der Waals surface area contributed by atoms with Gasteiger partial charge in [0.2, 0.25) is 0 Å². The van der Waals surface area contributed by atoms with Crippen LogP contribution in [0, 0.1) is 0 Å². The zero-order valence-electron chi connectivity index (χ0n) is 43.8. The Labute approximate surface area is 418 Å². The van der Waals surface area contributed by atoms with Gasteiger partial charge in [-0.1, -0.05) is 206 Å².